The quantitative estimate of drug-likeness (QED) is 0.346. The number of phenolic OH excluding ortho intramolecular Hbond substituents is 1. The molecule has 3 rings (SSSR count). The summed E-state index contributed by atoms with van der Waals surface area (Å²) in [7, 11) is 0. The first-order valence-corrected chi connectivity index (χ1v) is 10.5. The maximum absolute atomic E-state index is 11.0. The monoisotopic (exact) mass is 601 g/mol. The average molecular weight is 601 g/mol. The molecule has 144 valence electrons. The van der Waals surface area contributed by atoms with E-state index in [1.165, 1.54) is 0 Å². The van der Waals surface area contributed by atoms with E-state index in [0.717, 1.165) is 18.3 Å². The molecule has 0 aliphatic rings. The van der Waals surface area contributed by atoms with E-state index in [4.69, 9.17) is 15.6 Å². The highest BCUT2D eigenvalue weighted by molar-refractivity contribution is 14.1. The number of hydrogen-bond acceptors (Lipinski definition) is 4. The van der Waals surface area contributed by atoms with Crippen LogP contribution in [0.4, 0.5) is 0 Å². The second kappa shape index (κ2) is 9.10. The Morgan fingerprint density at radius 1 is 1.04 bits per heavy atom. The predicted molar refractivity (Wildman–Crippen MR) is 125 cm³/mol. The first kappa shape index (κ1) is 20.9. The highest BCUT2D eigenvalue weighted by atomic mass is 127. The van der Waals surface area contributed by atoms with Gasteiger partial charge in [0.25, 0.3) is 0 Å². The van der Waals surface area contributed by atoms with Crippen LogP contribution in [0, 0.1) is 7.14 Å². The molecule has 0 radical (unpaired) electrons. The average Bonchev–Trinajstić information content (AvgIpc) is 2.66. The van der Waals surface area contributed by atoms with Crippen molar-refractivity contribution < 1.29 is 19.7 Å². The molecule has 28 heavy (non-hydrogen) atoms. The van der Waals surface area contributed by atoms with E-state index in [9.17, 15) is 9.90 Å². The van der Waals surface area contributed by atoms with Crippen LogP contribution in [0.25, 0.3) is 11.1 Å². The van der Waals surface area contributed by atoms with E-state index in [-0.39, 0.29) is 12.2 Å². The number of benzene rings is 3. The molecule has 3 aromatic rings. The fourth-order valence-corrected chi connectivity index (χ4v) is 4.83. The van der Waals surface area contributed by atoms with Crippen molar-refractivity contribution in [2.45, 2.75) is 12.5 Å². The zero-order valence-corrected chi connectivity index (χ0v) is 18.9. The SMILES string of the molecule is N[C@@H](Cc1cc(I)c(Oc2ccc(O)c(-c3ccccc3)c2)c(I)c1)C(=O)O. The number of rotatable bonds is 6. The lowest BCUT2D eigenvalue weighted by Crippen LogP contribution is -2.32. The van der Waals surface area contributed by atoms with Crippen molar-refractivity contribution >= 4 is 51.2 Å². The molecule has 0 unspecified atom stereocenters. The second-order valence-corrected chi connectivity index (χ2v) is 8.51. The van der Waals surface area contributed by atoms with Crippen LogP contribution in [0.5, 0.6) is 17.2 Å². The smallest absolute Gasteiger partial charge is 0.320 e. The summed E-state index contributed by atoms with van der Waals surface area (Å²) in [6.45, 7) is 0. The Balaban J connectivity index is 1.89. The van der Waals surface area contributed by atoms with E-state index in [1.54, 1.807) is 18.2 Å². The molecule has 7 heteroatoms. The zero-order chi connectivity index (χ0) is 20.3. The molecule has 0 aliphatic carbocycles. The first-order chi connectivity index (χ1) is 13.3. The van der Waals surface area contributed by atoms with Crippen molar-refractivity contribution in [3.8, 4) is 28.4 Å². The normalized spacial score (nSPS) is 11.8. The van der Waals surface area contributed by atoms with E-state index in [1.807, 2.05) is 42.5 Å². The Morgan fingerprint density at radius 3 is 2.29 bits per heavy atom. The molecular formula is C21H17I2NO4. The summed E-state index contributed by atoms with van der Waals surface area (Å²) in [5.74, 6) is 0.435. The molecule has 5 nitrogen and oxygen atoms in total. The Kier molecular flexibility index (Phi) is 6.78. The van der Waals surface area contributed by atoms with Crippen molar-refractivity contribution in [1.82, 2.24) is 0 Å². The van der Waals surface area contributed by atoms with Gasteiger partial charge in [-0.3, -0.25) is 4.79 Å². The molecule has 0 spiro atoms. The number of hydrogen-bond donors (Lipinski definition) is 3. The van der Waals surface area contributed by atoms with Gasteiger partial charge < -0.3 is 20.7 Å². The van der Waals surface area contributed by atoms with E-state index in [2.05, 4.69) is 45.2 Å². The molecule has 0 amide bonds. The van der Waals surface area contributed by atoms with Crippen LogP contribution < -0.4 is 10.5 Å². The molecule has 0 aliphatic heterocycles. The van der Waals surface area contributed by atoms with Crippen LogP contribution in [-0.2, 0) is 11.2 Å². The highest BCUT2D eigenvalue weighted by Gasteiger charge is 2.16. The minimum Gasteiger partial charge on any atom is -0.507 e. The summed E-state index contributed by atoms with van der Waals surface area (Å²) >= 11 is 4.32. The van der Waals surface area contributed by atoms with Gasteiger partial charge in [0.1, 0.15) is 17.5 Å². The number of ether oxygens (including phenoxy) is 1. The number of carbonyl (C=O) groups is 1. The fourth-order valence-electron chi connectivity index (χ4n) is 2.71. The summed E-state index contributed by atoms with van der Waals surface area (Å²) < 4.78 is 7.80. The lowest BCUT2D eigenvalue weighted by molar-refractivity contribution is -0.138. The predicted octanol–water partition coefficient (Wildman–Crippen LogP) is 5.02. The van der Waals surface area contributed by atoms with Crippen LogP contribution in [0.15, 0.2) is 60.7 Å². The summed E-state index contributed by atoms with van der Waals surface area (Å²) in [5, 5.41) is 19.2. The van der Waals surface area contributed by atoms with Gasteiger partial charge in [-0.15, -0.1) is 0 Å². The molecule has 4 N–H and O–H groups in total. The van der Waals surface area contributed by atoms with Gasteiger partial charge in [-0.25, -0.2) is 0 Å². The van der Waals surface area contributed by atoms with Crippen molar-refractivity contribution in [3.63, 3.8) is 0 Å². The van der Waals surface area contributed by atoms with Crippen LogP contribution in [-0.4, -0.2) is 22.2 Å². The fraction of sp³-hybridized carbons (Fsp3) is 0.0952. The Hall–Kier alpha value is -1.85. The number of aliphatic carboxylic acids is 1. The molecule has 1 atom stereocenters. The summed E-state index contributed by atoms with van der Waals surface area (Å²) in [5.41, 5.74) is 8.06. The van der Waals surface area contributed by atoms with Gasteiger partial charge >= 0.3 is 5.97 Å². The minimum atomic E-state index is -1.03. The van der Waals surface area contributed by atoms with Crippen molar-refractivity contribution in [1.29, 1.82) is 0 Å². The van der Waals surface area contributed by atoms with Crippen LogP contribution in [0.3, 0.4) is 0 Å². The molecular weight excluding hydrogens is 584 g/mol. The lowest BCUT2D eigenvalue weighted by Gasteiger charge is -2.14. The number of carboxylic acids is 1. The van der Waals surface area contributed by atoms with E-state index < -0.39 is 12.0 Å². The summed E-state index contributed by atoms with van der Waals surface area (Å²) in [6.07, 6.45) is 0.249. The molecule has 0 aromatic heterocycles. The van der Waals surface area contributed by atoms with Crippen molar-refractivity contribution in [2.24, 2.45) is 5.73 Å². The minimum absolute atomic E-state index is 0.181. The first-order valence-electron chi connectivity index (χ1n) is 8.37. The van der Waals surface area contributed by atoms with Gasteiger partial charge in [-0.2, -0.15) is 0 Å². The standard InChI is InChI=1S/C21H17I2NO4/c22-16-8-12(10-18(24)21(26)27)9-17(23)20(16)28-14-6-7-19(25)15(11-14)13-4-2-1-3-5-13/h1-9,11,18,25H,10,24H2,(H,26,27)/t18-/m0/s1. The van der Waals surface area contributed by atoms with E-state index >= 15 is 0 Å². The highest BCUT2D eigenvalue weighted by Crippen LogP contribution is 2.37. The van der Waals surface area contributed by atoms with Crippen LogP contribution >= 0.6 is 45.2 Å². The number of nitrogens with two attached hydrogens (primary N) is 1. The topological polar surface area (TPSA) is 92.8 Å². The van der Waals surface area contributed by atoms with Gasteiger partial charge in [0.2, 0.25) is 0 Å². The molecule has 0 heterocycles. The third kappa shape index (κ3) is 4.95. The van der Waals surface area contributed by atoms with E-state index in [0.29, 0.717) is 17.1 Å². The van der Waals surface area contributed by atoms with Crippen molar-refractivity contribution in [3.05, 3.63) is 73.4 Å². The summed E-state index contributed by atoms with van der Waals surface area (Å²) in [4.78, 5) is 11.0. The van der Waals surface area contributed by atoms with Gasteiger partial charge in [-0.1, -0.05) is 30.3 Å². The van der Waals surface area contributed by atoms with Crippen LogP contribution in [0.2, 0.25) is 0 Å². The zero-order valence-electron chi connectivity index (χ0n) is 14.6. The molecule has 0 bridgehead atoms. The molecule has 0 saturated heterocycles. The van der Waals surface area contributed by atoms with Crippen LogP contribution in [0.1, 0.15) is 5.56 Å². The number of halogens is 2. The second-order valence-electron chi connectivity index (χ2n) is 6.18. The largest absolute Gasteiger partial charge is 0.507 e. The Labute approximate surface area is 189 Å². The number of carboxylic acid groups (broad SMARTS) is 1. The molecule has 0 saturated carbocycles. The maximum Gasteiger partial charge on any atom is 0.320 e. The van der Waals surface area contributed by atoms with Crippen molar-refractivity contribution in [2.75, 3.05) is 0 Å². The number of phenols is 1. The third-order valence-electron chi connectivity index (χ3n) is 4.10. The Morgan fingerprint density at radius 2 is 1.68 bits per heavy atom. The van der Waals surface area contributed by atoms with Gasteiger partial charge in [0.05, 0.1) is 7.14 Å². The Bertz CT molecular complexity index is 986. The number of aromatic hydroxyl groups is 1. The maximum atomic E-state index is 11.0. The molecule has 0 fully saturated rings. The van der Waals surface area contributed by atoms with Gasteiger partial charge in [0, 0.05) is 5.56 Å². The van der Waals surface area contributed by atoms with Gasteiger partial charge in [0.15, 0.2) is 5.75 Å². The van der Waals surface area contributed by atoms with Gasteiger partial charge in [-0.05, 0) is 93.1 Å². The third-order valence-corrected chi connectivity index (χ3v) is 5.71. The molecule has 3 aromatic carbocycles. The lowest BCUT2D eigenvalue weighted by atomic mass is 10.0. The summed E-state index contributed by atoms with van der Waals surface area (Å²) in [6, 6.07) is 17.5.